The lowest BCUT2D eigenvalue weighted by molar-refractivity contribution is -0.129. The molecule has 0 aromatic carbocycles. The maximum atomic E-state index is 11.6. The molecule has 1 heterocycles. The molecule has 1 aliphatic heterocycles. The molecule has 0 aromatic rings. The summed E-state index contributed by atoms with van der Waals surface area (Å²) >= 11 is 0. The lowest BCUT2D eigenvalue weighted by atomic mass is 10.0. The third-order valence-electron chi connectivity index (χ3n) is 5.37. The normalized spacial score (nSPS) is 21.8. The van der Waals surface area contributed by atoms with E-state index in [4.69, 9.17) is 5.73 Å². The van der Waals surface area contributed by atoms with Crippen molar-refractivity contribution in [3.05, 3.63) is 0 Å². The quantitative estimate of drug-likeness (QED) is 0.315. The zero-order valence-corrected chi connectivity index (χ0v) is 18.1. The average Bonchev–Trinajstić information content (AvgIpc) is 2.98. The molecule has 0 spiro atoms. The molecule has 4 N–H and O–H groups in total. The molecule has 0 radical (unpaired) electrons. The van der Waals surface area contributed by atoms with Crippen LogP contribution in [0.15, 0.2) is 4.99 Å². The van der Waals surface area contributed by atoms with Crippen LogP contribution in [0.25, 0.3) is 0 Å². The van der Waals surface area contributed by atoms with Crippen LogP contribution >= 0.6 is 24.0 Å². The fourth-order valence-corrected chi connectivity index (χ4v) is 3.47. The Morgan fingerprint density at radius 3 is 2.28 bits per heavy atom. The summed E-state index contributed by atoms with van der Waals surface area (Å²) in [5, 5.41) is 13.8. The zero-order valence-electron chi connectivity index (χ0n) is 15.8. The summed E-state index contributed by atoms with van der Waals surface area (Å²) in [6, 6.07) is 0. The minimum absolute atomic E-state index is 0. The number of nitrogens with one attached hydrogen (secondary N) is 1. The molecule has 1 aliphatic carbocycles. The summed E-state index contributed by atoms with van der Waals surface area (Å²) in [7, 11) is 0. The Morgan fingerprint density at radius 1 is 1.24 bits per heavy atom. The standard InChI is InChI=1S/C17H33N5O2.HI/c1-4-19-15(20-13-17(24)7-5-6-8-17)21-9-11-22(12-10-21)16(2,3)14(18)23;/h24H,4-13H2,1-3H3,(H2,18,23)(H,19,20);1H. The first-order chi connectivity index (χ1) is 11.3. The molecular weight excluding hydrogens is 433 g/mol. The van der Waals surface area contributed by atoms with Crippen molar-refractivity contribution in [2.75, 3.05) is 39.3 Å². The number of rotatable bonds is 5. The minimum Gasteiger partial charge on any atom is -0.388 e. The highest BCUT2D eigenvalue weighted by Gasteiger charge is 2.35. The van der Waals surface area contributed by atoms with Gasteiger partial charge in [-0.2, -0.15) is 0 Å². The second-order valence-corrected chi connectivity index (χ2v) is 7.50. The molecule has 2 aliphatic rings. The average molecular weight is 467 g/mol. The van der Waals surface area contributed by atoms with Gasteiger partial charge in [0.2, 0.25) is 5.91 Å². The molecule has 1 saturated heterocycles. The van der Waals surface area contributed by atoms with Crippen molar-refractivity contribution in [2.24, 2.45) is 10.7 Å². The zero-order chi connectivity index (χ0) is 17.8. The van der Waals surface area contributed by atoms with Crippen LogP contribution < -0.4 is 11.1 Å². The number of guanidine groups is 1. The Bertz CT molecular complexity index is 470. The summed E-state index contributed by atoms with van der Waals surface area (Å²) < 4.78 is 0. The maximum absolute atomic E-state index is 11.6. The lowest BCUT2D eigenvalue weighted by Crippen LogP contribution is -2.61. The largest absolute Gasteiger partial charge is 0.388 e. The first-order valence-electron chi connectivity index (χ1n) is 9.09. The van der Waals surface area contributed by atoms with Gasteiger partial charge in [0.1, 0.15) is 0 Å². The van der Waals surface area contributed by atoms with Gasteiger partial charge in [-0.3, -0.25) is 14.7 Å². The van der Waals surface area contributed by atoms with Crippen LogP contribution in [0.3, 0.4) is 0 Å². The first-order valence-corrected chi connectivity index (χ1v) is 9.09. The molecule has 1 saturated carbocycles. The van der Waals surface area contributed by atoms with Crippen LogP contribution in [-0.4, -0.2) is 77.2 Å². The van der Waals surface area contributed by atoms with Gasteiger partial charge in [0.25, 0.3) is 0 Å². The van der Waals surface area contributed by atoms with Gasteiger partial charge in [-0.25, -0.2) is 0 Å². The van der Waals surface area contributed by atoms with Gasteiger partial charge in [0.15, 0.2) is 5.96 Å². The Kier molecular flexibility index (Phi) is 8.40. The highest BCUT2D eigenvalue weighted by Crippen LogP contribution is 2.29. The van der Waals surface area contributed by atoms with E-state index >= 15 is 0 Å². The van der Waals surface area contributed by atoms with Gasteiger partial charge in [-0.1, -0.05) is 12.8 Å². The number of piperazine rings is 1. The molecule has 2 rings (SSSR count). The topological polar surface area (TPSA) is 94.2 Å². The molecule has 2 fully saturated rings. The summed E-state index contributed by atoms with van der Waals surface area (Å²) in [5.41, 5.74) is 4.26. The van der Waals surface area contributed by atoms with Crippen LogP contribution in [0.2, 0.25) is 0 Å². The second-order valence-electron chi connectivity index (χ2n) is 7.50. The summed E-state index contributed by atoms with van der Waals surface area (Å²) in [5.74, 6) is 0.564. The lowest BCUT2D eigenvalue weighted by Gasteiger charge is -2.43. The number of hydrogen-bond donors (Lipinski definition) is 3. The summed E-state index contributed by atoms with van der Waals surface area (Å²) in [6.45, 7) is 10.2. The van der Waals surface area contributed by atoms with E-state index in [2.05, 4.69) is 20.1 Å². The monoisotopic (exact) mass is 467 g/mol. The smallest absolute Gasteiger partial charge is 0.237 e. The van der Waals surface area contributed by atoms with Gasteiger partial charge in [-0.15, -0.1) is 24.0 Å². The fourth-order valence-electron chi connectivity index (χ4n) is 3.47. The van der Waals surface area contributed by atoms with E-state index in [1.165, 1.54) is 0 Å². The van der Waals surface area contributed by atoms with Crippen molar-refractivity contribution < 1.29 is 9.90 Å². The second kappa shape index (κ2) is 9.36. The van der Waals surface area contributed by atoms with E-state index in [-0.39, 0.29) is 29.9 Å². The molecule has 0 bridgehead atoms. The Labute approximate surface area is 168 Å². The fraction of sp³-hybridized carbons (Fsp3) is 0.882. The van der Waals surface area contributed by atoms with E-state index in [0.29, 0.717) is 6.54 Å². The molecular formula is C17H34IN5O2. The number of amides is 1. The van der Waals surface area contributed by atoms with Gasteiger partial charge in [0, 0.05) is 32.7 Å². The number of carbonyl (C=O) groups excluding carboxylic acids is 1. The van der Waals surface area contributed by atoms with Gasteiger partial charge >= 0.3 is 0 Å². The first kappa shape index (κ1) is 22.4. The van der Waals surface area contributed by atoms with E-state index in [0.717, 1.165) is 64.4 Å². The molecule has 146 valence electrons. The predicted octanol–water partition coefficient (Wildman–Crippen LogP) is 0.756. The van der Waals surface area contributed by atoms with Crippen LogP contribution in [-0.2, 0) is 4.79 Å². The number of halogens is 1. The SMILES string of the molecule is CCNC(=NCC1(O)CCCC1)N1CCN(C(C)(C)C(N)=O)CC1.I. The van der Waals surface area contributed by atoms with Crippen molar-refractivity contribution >= 4 is 35.8 Å². The van der Waals surface area contributed by atoms with Crippen molar-refractivity contribution in [1.82, 2.24) is 15.1 Å². The third kappa shape index (κ3) is 5.68. The van der Waals surface area contributed by atoms with Crippen LogP contribution in [0.1, 0.15) is 46.5 Å². The number of aliphatic hydroxyl groups is 1. The molecule has 0 atom stereocenters. The van der Waals surface area contributed by atoms with Crippen molar-refractivity contribution in [3.63, 3.8) is 0 Å². The summed E-state index contributed by atoms with van der Waals surface area (Å²) in [6.07, 6.45) is 3.86. The van der Waals surface area contributed by atoms with E-state index in [1.54, 1.807) is 0 Å². The predicted molar refractivity (Wildman–Crippen MR) is 111 cm³/mol. The minimum atomic E-state index is -0.629. The molecule has 0 unspecified atom stereocenters. The van der Waals surface area contributed by atoms with Crippen LogP contribution in [0.4, 0.5) is 0 Å². The Morgan fingerprint density at radius 2 is 1.80 bits per heavy atom. The maximum Gasteiger partial charge on any atom is 0.237 e. The molecule has 8 heteroatoms. The highest BCUT2D eigenvalue weighted by atomic mass is 127. The van der Waals surface area contributed by atoms with Crippen molar-refractivity contribution in [3.8, 4) is 0 Å². The molecule has 7 nitrogen and oxygen atoms in total. The summed E-state index contributed by atoms with van der Waals surface area (Å²) in [4.78, 5) is 20.6. The number of hydrogen-bond acceptors (Lipinski definition) is 4. The Balaban J connectivity index is 0.00000312. The van der Waals surface area contributed by atoms with Gasteiger partial charge in [0.05, 0.1) is 17.7 Å². The highest BCUT2D eigenvalue weighted by molar-refractivity contribution is 14.0. The van der Waals surface area contributed by atoms with E-state index in [9.17, 15) is 9.90 Å². The van der Waals surface area contributed by atoms with Crippen molar-refractivity contribution in [2.45, 2.75) is 57.6 Å². The molecule has 1 amide bonds. The number of aliphatic imine (C=N–C) groups is 1. The number of carbonyl (C=O) groups is 1. The van der Waals surface area contributed by atoms with Crippen LogP contribution in [0, 0.1) is 0 Å². The Hall–Kier alpha value is -0.610. The van der Waals surface area contributed by atoms with Gasteiger partial charge in [-0.05, 0) is 33.6 Å². The number of primary amides is 1. The van der Waals surface area contributed by atoms with Crippen molar-refractivity contribution in [1.29, 1.82) is 0 Å². The van der Waals surface area contributed by atoms with E-state index < -0.39 is 11.1 Å². The third-order valence-corrected chi connectivity index (χ3v) is 5.37. The van der Waals surface area contributed by atoms with E-state index in [1.807, 2.05) is 20.8 Å². The number of nitrogens with zero attached hydrogens (tertiary/aromatic N) is 3. The number of nitrogens with two attached hydrogens (primary N) is 1. The molecule has 0 aromatic heterocycles. The van der Waals surface area contributed by atoms with Crippen LogP contribution in [0.5, 0.6) is 0 Å². The van der Waals surface area contributed by atoms with Gasteiger partial charge < -0.3 is 21.1 Å². The molecule has 25 heavy (non-hydrogen) atoms.